The first-order valence-corrected chi connectivity index (χ1v) is 4.19. The molecular formula is C8H13NO2. The first kappa shape index (κ1) is 6.95. The summed E-state index contributed by atoms with van der Waals surface area (Å²) in [6.45, 7) is 4.06. The second-order valence-corrected chi connectivity index (χ2v) is 3.57. The van der Waals surface area contributed by atoms with Gasteiger partial charge in [-0.1, -0.05) is 0 Å². The molecule has 3 heteroatoms. The monoisotopic (exact) mass is 155 g/mol. The molecule has 1 heterocycles. The van der Waals surface area contributed by atoms with Crippen molar-refractivity contribution >= 4 is 6.09 Å². The van der Waals surface area contributed by atoms with Crippen molar-refractivity contribution in [3.63, 3.8) is 0 Å². The minimum Gasteiger partial charge on any atom is -0.444 e. The lowest BCUT2D eigenvalue weighted by Gasteiger charge is -2.33. The fourth-order valence-electron chi connectivity index (χ4n) is 1.83. The number of amides is 1. The average molecular weight is 155 g/mol. The van der Waals surface area contributed by atoms with Gasteiger partial charge in [-0.2, -0.15) is 0 Å². The number of rotatable bonds is 1. The second-order valence-electron chi connectivity index (χ2n) is 3.57. The van der Waals surface area contributed by atoms with E-state index >= 15 is 0 Å². The van der Waals surface area contributed by atoms with E-state index in [0.29, 0.717) is 6.04 Å². The summed E-state index contributed by atoms with van der Waals surface area (Å²) >= 11 is 0. The molecule has 1 aliphatic carbocycles. The van der Waals surface area contributed by atoms with Gasteiger partial charge in [0.15, 0.2) is 0 Å². The molecule has 3 nitrogen and oxygen atoms in total. The Kier molecular flexibility index (Phi) is 1.34. The van der Waals surface area contributed by atoms with E-state index in [4.69, 9.17) is 4.74 Å². The Morgan fingerprint density at radius 2 is 2.27 bits per heavy atom. The van der Waals surface area contributed by atoms with E-state index in [1.165, 1.54) is 0 Å². The summed E-state index contributed by atoms with van der Waals surface area (Å²) in [5.74, 6) is 0. The molecule has 11 heavy (non-hydrogen) atoms. The normalized spacial score (nSPS) is 35.2. The van der Waals surface area contributed by atoms with Gasteiger partial charge in [0.25, 0.3) is 0 Å². The molecule has 0 N–H and O–H groups in total. The summed E-state index contributed by atoms with van der Waals surface area (Å²) in [6, 6.07) is 0.681. The lowest BCUT2D eigenvalue weighted by molar-refractivity contribution is 0.0817. The molecule has 0 radical (unpaired) electrons. The standard InChI is InChI=1S/C8H13NO2/c1-5(2)9-6-3-4-7(6)11-8(9)10/h5-7H,3-4H2,1-2H3/t6?,7-/m0/s1. The Hall–Kier alpha value is -0.730. The van der Waals surface area contributed by atoms with Crippen molar-refractivity contribution in [1.29, 1.82) is 0 Å². The molecule has 1 saturated carbocycles. The van der Waals surface area contributed by atoms with Gasteiger partial charge in [0, 0.05) is 6.04 Å². The molecule has 0 aromatic carbocycles. The van der Waals surface area contributed by atoms with Gasteiger partial charge in [0.2, 0.25) is 0 Å². The summed E-state index contributed by atoms with van der Waals surface area (Å²) < 4.78 is 5.12. The fraction of sp³-hybridized carbons (Fsp3) is 0.875. The average Bonchev–Trinajstić information content (AvgIpc) is 2.10. The van der Waals surface area contributed by atoms with Crippen molar-refractivity contribution in [2.75, 3.05) is 0 Å². The molecular weight excluding hydrogens is 142 g/mol. The van der Waals surface area contributed by atoms with E-state index in [9.17, 15) is 4.79 Å². The molecule has 2 aliphatic rings. The van der Waals surface area contributed by atoms with Crippen LogP contribution in [0.5, 0.6) is 0 Å². The van der Waals surface area contributed by atoms with Crippen LogP contribution in [0, 0.1) is 0 Å². The number of fused-ring (bicyclic) bond motifs is 1. The van der Waals surface area contributed by atoms with Gasteiger partial charge in [0.1, 0.15) is 6.10 Å². The highest BCUT2D eigenvalue weighted by Crippen LogP contribution is 2.36. The Balaban J connectivity index is 2.13. The van der Waals surface area contributed by atoms with Gasteiger partial charge in [-0.25, -0.2) is 4.79 Å². The van der Waals surface area contributed by atoms with Crippen molar-refractivity contribution in [3.05, 3.63) is 0 Å². The Morgan fingerprint density at radius 1 is 1.55 bits per heavy atom. The molecule has 0 bridgehead atoms. The summed E-state index contributed by atoms with van der Waals surface area (Å²) in [6.07, 6.45) is 2.27. The third kappa shape index (κ3) is 0.832. The van der Waals surface area contributed by atoms with Crippen LogP contribution in [-0.4, -0.2) is 29.2 Å². The first-order chi connectivity index (χ1) is 5.20. The highest BCUT2D eigenvalue weighted by Gasteiger charge is 2.48. The maximum absolute atomic E-state index is 11.2. The topological polar surface area (TPSA) is 29.5 Å². The van der Waals surface area contributed by atoms with Crippen LogP contribution in [0.4, 0.5) is 4.79 Å². The minimum absolute atomic E-state index is 0.118. The molecule has 1 unspecified atom stereocenters. The molecule has 0 aromatic heterocycles. The molecule has 2 rings (SSSR count). The third-order valence-corrected chi connectivity index (χ3v) is 2.55. The molecule has 0 spiro atoms. The van der Waals surface area contributed by atoms with Gasteiger partial charge < -0.3 is 4.74 Å². The van der Waals surface area contributed by atoms with Crippen LogP contribution in [0.2, 0.25) is 0 Å². The van der Waals surface area contributed by atoms with Gasteiger partial charge in [-0.05, 0) is 26.7 Å². The molecule has 0 aromatic rings. The lowest BCUT2D eigenvalue weighted by Crippen LogP contribution is -2.46. The molecule has 1 aliphatic heterocycles. The van der Waals surface area contributed by atoms with Crippen LogP contribution in [0.3, 0.4) is 0 Å². The smallest absolute Gasteiger partial charge is 0.410 e. The van der Waals surface area contributed by atoms with E-state index < -0.39 is 0 Å². The van der Waals surface area contributed by atoms with E-state index in [-0.39, 0.29) is 18.2 Å². The van der Waals surface area contributed by atoms with Crippen LogP contribution in [0.25, 0.3) is 0 Å². The highest BCUT2D eigenvalue weighted by molar-refractivity contribution is 5.71. The van der Waals surface area contributed by atoms with Crippen LogP contribution >= 0.6 is 0 Å². The van der Waals surface area contributed by atoms with Crippen molar-refractivity contribution in [2.24, 2.45) is 0 Å². The molecule has 2 atom stereocenters. The number of hydrogen-bond acceptors (Lipinski definition) is 2. The second kappa shape index (κ2) is 2.13. The maximum atomic E-state index is 11.2. The minimum atomic E-state index is -0.118. The molecule has 1 amide bonds. The summed E-state index contributed by atoms with van der Waals surface area (Å²) in [5.41, 5.74) is 0. The number of nitrogens with zero attached hydrogens (tertiary/aromatic N) is 1. The molecule has 62 valence electrons. The number of carbonyl (C=O) groups is 1. The van der Waals surface area contributed by atoms with Crippen molar-refractivity contribution in [3.8, 4) is 0 Å². The van der Waals surface area contributed by atoms with Crippen molar-refractivity contribution < 1.29 is 9.53 Å². The van der Waals surface area contributed by atoms with Crippen LogP contribution in [0.1, 0.15) is 26.7 Å². The summed E-state index contributed by atoms with van der Waals surface area (Å²) in [4.78, 5) is 13.0. The van der Waals surface area contributed by atoms with Crippen molar-refractivity contribution in [2.45, 2.75) is 44.9 Å². The quantitative estimate of drug-likeness (QED) is 0.572. The zero-order valence-electron chi connectivity index (χ0n) is 6.91. The van der Waals surface area contributed by atoms with Gasteiger partial charge in [0.05, 0.1) is 6.04 Å². The Bertz CT molecular complexity index is 191. The zero-order chi connectivity index (χ0) is 8.01. The summed E-state index contributed by atoms with van der Waals surface area (Å²) in [7, 11) is 0. The molecule has 2 fully saturated rings. The largest absolute Gasteiger partial charge is 0.444 e. The number of ether oxygens (including phenoxy) is 1. The van der Waals surface area contributed by atoms with Crippen LogP contribution < -0.4 is 0 Å². The maximum Gasteiger partial charge on any atom is 0.410 e. The van der Waals surface area contributed by atoms with E-state index in [0.717, 1.165) is 12.8 Å². The SMILES string of the molecule is CC(C)N1C(=O)O[C@H]2CCC21. The highest BCUT2D eigenvalue weighted by atomic mass is 16.6. The summed E-state index contributed by atoms with van der Waals surface area (Å²) in [5, 5.41) is 0. The Morgan fingerprint density at radius 3 is 2.55 bits per heavy atom. The molecule has 1 saturated heterocycles. The van der Waals surface area contributed by atoms with Crippen LogP contribution in [-0.2, 0) is 4.74 Å². The van der Waals surface area contributed by atoms with E-state index in [1.807, 2.05) is 18.7 Å². The number of carbonyl (C=O) groups excluding carboxylic acids is 1. The first-order valence-electron chi connectivity index (χ1n) is 4.19. The van der Waals surface area contributed by atoms with Crippen molar-refractivity contribution in [1.82, 2.24) is 4.90 Å². The zero-order valence-corrected chi connectivity index (χ0v) is 6.91. The van der Waals surface area contributed by atoms with Gasteiger partial charge in [-0.3, -0.25) is 4.90 Å². The van der Waals surface area contributed by atoms with Gasteiger partial charge in [-0.15, -0.1) is 0 Å². The van der Waals surface area contributed by atoms with Gasteiger partial charge >= 0.3 is 6.09 Å². The lowest BCUT2D eigenvalue weighted by atomic mass is 9.88. The van der Waals surface area contributed by atoms with E-state index in [1.54, 1.807) is 0 Å². The predicted molar refractivity (Wildman–Crippen MR) is 40.3 cm³/mol. The van der Waals surface area contributed by atoms with Crippen LogP contribution in [0.15, 0.2) is 0 Å². The predicted octanol–water partition coefficient (Wildman–Crippen LogP) is 1.38. The Labute approximate surface area is 66.3 Å². The third-order valence-electron chi connectivity index (χ3n) is 2.55. The van der Waals surface area contributed by atoms with E-state index in [2.05, 4.69) is 0 Å². The fourth-order valence-corrected chi connectivity index (χ4v) is 1.83. The number of hydrogen-bond donors (Lipinski definition) is 0.